The summed E-state index contributed by atoms with van der Waals surface area (Å²) >= 11 is 0. The Morgan fingerprint density at radius 3 is 2.70 bits per heavy atom. The summed E-state index contributed by atoms with van der Waals surface area (Å²) in [5, 5.41) is 2.88. The van der Waals surface area contributed by atoms with Crippen LogP contribution in [0.3, 0.4) is 0 Å². The molecule has 0 saturated carbocycles. The first-order valence-electron chi connectivity index (χ1n) is 7.30. The van der Waals surface area contributed by atoms with E-state index in [1.807, 2.05) is 12.1 Å². The average Bonchev–Trinajstić information content (AvgIpc) is 2.43. The van der Waals surface area contributed by atoms with Crippen LogP contribution in [-0.4, -0.2) is 25.6 Å². The van der Waals surface area contributed by atoms with Gasteiger partial charge in [0.1, 0.15) is 5.75 Å². The summed E-state index contributed by atoms with van der Waals surface area (Å²) in [5.74, 6) is 0.960. The van der Waals surface area contributed by atoms with Gasteiger partial charge in [-0.25, -0.2) is 0 Å². The monoisotopic (exact) mass is 278 g/mol. The first kappa shape index (κ1) is 16.5. The Bertz CT molecular complexity index is 419. The van der Waals surface area contributed by atoms with E-state index in [0.29, 0.717) is 26.1 Å². The Labute approximate surface area is 121 Å². The molecule has 4 nitrogen and oxygen atoms in total. The molecule has 1 rings (SSSR count). The van der Waals surface area contributed by atoms with Crippen molar-refractivity contribution in [3.8, 4) is 5.75 Å². The number of ether oxygens (including phenoxy) is 1. The minimum absolute atomic E-state index is 0.0886. The van der Waals surface area contributed by atoms with E-state index in [4.69, 9.17) is 10.5 Å². The number of nitrogens with one attached hydrogen (secondary N) is 1. The Kier molecular flexibility index (Phi) is 7.73. The highest BCUT2D eigenvalue weighted by Gasteiger charge is 2.01. The summed E-state index contributed by atoms with van der Waals surface area (Å²) < 4.78 is 5.64. The van der Waals surface area contributed by atoms with Gasteiger partial charge < -0.3 is 15.8 Å². The third kappa shape index (κ3) is 6.57. The van der Waals surface area contributed by atoms with Crippen molar-refractivity contribution in [3.05, 3.63) is 29.3 Å². The van der Waals surface area contributed by atoms with Crippen LogP contribution in [0, 0.1) is 13.8 Å². The van der Waals surface area contributed by atoms with E-state index in [1.54, 1.807) is 0 Å². The van der Waals surface area contributed by atoms with Crippen molar-refractivity contribution in [2.45, 2.75) is 39.5 Å². The molecule has 1 aromatic carbocycles. The topological polar surface area (TPSA) is 64.3 Å². The van der Waals surface area contributed by atoms with Gasteiger partial charge >= 0.3 is 0 Å². The fraction of sp³-hybridized carbons (Fsp3) is 0.562. The van der Waals surface area contributed by atoms with Crippen molar-refractivity contribution in [2.75, 3.05) is 19.7 Å². The number of unbranched alkanes of at least 4 members (excludes halogenated alkanes) is 1. The molecule has 0 aliphatic carbocycles. The molecule has 0 aromatic heterocycles. The zero-order chi connectivity index (χ0) is 14.8. The second-order valence-electron chi connectivity index (χ2n) is 5.04. The summed E-state index contributed by atoms with van der Waals surface area (Å²) in [6, 6.07) is 6.05. The van der Waals surface area contributed by atoms with Gasteiger partial charge in [0.05, 0.1) is 6.61 Å². The Hall–Kier alpha value is -1.55. The standard InChI is InChI=1S/C16H26N2O2/c1-13-7-8-15(12-14(13)2)20-11-5-6-16(19)18-10-4-3-9-17/h7-8,12H,3-6,9-11,17H2,1-2H3,(H,18,19). The Morgan fingerprint density at radius 2 is 2.00 bits per heavy atom. The van der Waals surface area contributed by atoms with Crippen LogP contribution in [0.15, 0.2) is 18.2 Å². The molecule has 0 fully saturated rings. The minimum Gasteiger partial charge on any atom is -0.494 e. The van der Waals surface area contributed by atoms with Gasteiger partial charge in [-0.15, -0.1) is 0 Å². The van der Waals surface area contributed by atoms with Crippen molar-refractivity contribution in [1.29, 1.82) is 0 Å². The third-order valence-electron chi connectivity index (χ3n) is 3.25. The van der Waals surface area contributed by atoms with E-state index in [0.717, 1.165) is 25.0 Å². The van der Waals surface area contributed by atoms with E-state index in [9.17, 15) is 4.79 Å². The summed E-state index contributed by atoms with van der Waals surface area (Å²) in [5.41, 5.74) is 7.87. The number of nitrogens with two attached hydrogens (primary N) is 1. The molecule has 1 aromatic rings. The first-order valence-corrected chi connectivity index (χ1v) is 7.30. The Morgan fingerprint density at radius 1 is 1.20 bits per heavy atom. The summed E-state index contributed by atoms with van der Waals surface area (Å²) in [6.45, 7) is 6.11. The predicted octanol–water partition coefficient (Wildman–Crippen LogP) is 2.32. The molecule has 20 heavy (non-hydrogen) atoms. The maximum Gasteiger partial charge on any atom is 0.220 e. The fourth-order valence-corrected chi connectivity index (χ4v) is 1.81. The van der Waals surface area contributed by atoms with Crippen molar-refractivity contribution >= 4 is 5.91 Å². The molecule has 0 aliphatic heterocycles. The van der Waals surface area contributed by atoms with E-state index in [2.05, 4.69) is 25.2 Å². The molecule has 112 valence electrons. The largest absolute Gasteiger partial charge is 0.494 e. The van der Waals surface area contributed by atoms with Crippen LogP contribution in [0.1, 0.15) is 36.8 Å². The highest BCUT2D eigenvalue weighted by Crippen LogP contribution is 2.16. The highest BCUT2D eigenvalue weighted by atomic mass is 16.5. The Balaban J connectivity index is 2.12. The first-order chi connectivity index (χ1) is 9.63. The van der Waals surface area contributed by atoms with Gasteiger partial charge in [-0.2, -0.15) is 0 Å². The molecular formula is C16H26N2O2. The minimum atomic E-state index is 0.0886. The maximum absolute atomic E-state index is 11.5. The molecule has 0 aliphatic rings. The maximum atomic E-state index is 11.5. The number of rotatable bonds is 9. The number of benzene rings is 1. The lowest BCUT2D eigenvalue weighted by Gasteiger charge is -2.08. The lowest BCUT2D eigenvalue weighted by molar-refractivity contribution is -0.121. The smallest absolute Gasteiger partial charge is 0.220 e. The van der Waals surface area contributed by atoms with Crippen molar-refractivity contribution in [2.24, 2.45) is 5.73 Å². The third-order valence-corrected chi connectivity index (χ3v) is 3.25. The van der Waals surface area contributed by atoms with Crippen LogP contribution in [0.25, 0.3) is 0 Å². The second-order valence-corrected chi connectivity index (χ2v) is 5.04. The van der Waals surface area contributed by atoms with Crippen molar-refractivity contribution in [3.63, 3.8) is 0 Å². The lowest BCUT2D eigenvalue weighted by Crippen LogP contribution is -2.25. The van der Waals surface area contributed by atoms with Crippen molar-refractivity contribution in [1.82, 2.24) is 5.32 Å². The van der Waals surface area contributed by atoms with Crippen LogP contribution in [0.5, 0.6) is 5.75 Å². The van der Waals surface area contributed by atoms with Crippen LogP contribution < -0.4 is 15.8 Å². The molecule has 0 atom stereocenters. The quantitative estimate of drug-likeness (QED) is 0.681. The number of hydrogen-bond donors (Lipinski definition) is 2. The zero-order valence-corrected chi connectivity index (χ0v) is 12.6. The predicted molar refractivity (Wildman–Crippen MR) is 81.9 cm³/mol. The summed E-state index contributed by atoms with van der Waals surface area (Å²) in [6.07, 6.45) is 3.14. The number of aryl methyl sites for hydroxylation is 2. The summed E-state index contributed by atoms with van der Waals surface area (Å²) in [4.78, 5) is 11.5. The lowest BCUT2D eigenvalue weighted by atomic mass is 10.1. The van der Waals surface area contributed by atoms with Gasteiger partial charge in [-0.3, -0.25) is 4.79 Å². The molecule has 0 radical (unpaired) electrons. The van der Waals surface area contributed by atoms with E-state index < -0.39 is 0 Å². The normalized spacial score (nSPS) is 10.3. The molecule has 0 bridgehead atoms. The molecule has 0 heterocycles. The van der Waals surface area contributed by atoms with Gasteiger partial charge in [-0.05, 0) is 62.9 Å². The van der Waals surface area contributed by atoms with Gasteiger partial charge in [-0.1, -0.05) is 6.07 Å². The molecule has 0 spiro atoms. The fourth-order valence-electron chi connectivity index (χ4n) is 1.81. The second kappa shape index (κ2) is 9.37. The van der Waals surface area contributed by atoms with Crippen molar-refractivity contribution < 1.29 is 9.53 Å². The van der Waals surface area contributed by atoms with Gasteiger partial charge in [0, 0.05) is 13.0 Å². The van der Waals surface area contributed by atoms with Gasteiger partial charge in [0.25, 0.3) is 0 Å². The average molecular weight is 278 g/mol. The molecule has 0 unspecified atom stereocenters. The molecule has 1 amide bonds. The van der Waals surface area contributed by atoms with Gasteiger partial charge in [0.2, 0.25) is 5.91 Å². The van der Waals surface area contributed by atoms with Crippen LogP contribution >= 0.6 is 0 Å². The van der Waals surface area contributed by atoms with Gasteiger partial charge in [0.15, 0.2) is 0 Å². The number of hydrogen-bond acceptors (Lipinski definition) is 3. The number of carbonyl (C=O) groups excluding carboxylic acids is 1. The number of carbonyl (C=O) groups is 1. The molecule has 3 N–H and O–H groups in total. The van der Waals surface area contributed by atoms with Crippen LogP contribution in [-0.2, 0) is 4.79 Å². The van der Waals surface area contributed by atoms with E-state index in [1.165, 1.54) is 11.1 Å². The highest BCUT2D eigenvalue weighted by molar-refractivity contribution is 5.75. The van der Waals surface area contributed by atoms with E-state index >= 15 is 0 Å². The molecule has 0 saturated heterocycles. The SMILES string of the molecule is Cc1ccc(OCCCC(=O)NCCCCN)cc1C. The van der Waals surface area contributed by atoms with Crippen LogP contribution in [0.4, 0.5) is 0 Å². The van der Waals surface area contributed by atoms with Crippen LogP contribution in [0.2, 0.25) is 0 Å². The molecular weight excluding hydrogens is 252 g/mol. The summed E-state index contributed by atoms with van der Waals surface area (Å²) in [7, 11) is 0. The zero-order valence-electron chi connectivity index (χ0n) is 12.6. The molecule has 4 heteroatoms. The van der Waals surface area contributed by atoms with E-state index in [-0.39, 0.29) is 5.91 Å². The number of amides is 1.